The van der Waals surface area contributed by atoms with Crippen LogP contribution in [-0.2, 0) is 4.74 Å². The van der Waals surface area contributed by atoms with Crippen LogP contribution in [0.4, 0.5) is 4.79 Å². The summed E-state index contributed by atoms with van der Waals surface area (Å²) in [7, 11) is 0. The second-order valence-corrected chi connectivity index (χ2v) is 5.79. The molecule has 2 fully saturated rings. The Balaban J connectivity index is 1.79. The number of hydrogen-bond donors (Lipinski definition) is 1. The quantitative estimate of drug-likeness (QED) is 0.881. The van der Waals surface area contributed by atoms with Crippen molar-refractivity contribution >= 4 is 22.0 Å². The highest BCUT2D eigenvalue weighted by atomic mass is 79.9. The van der Waals surface area contributed by atoms with E-state index in [0.717, 1.165) is 12.8 Å². The maximum atomic E-state index is 11.3. The molecule has 20 heavy (non-hydrogen) atoms. The minimum absolute atomic E-state index is 0.141. The monoisotopic (exact) mass is 346 g/mol. The molecular weight excluding hydrogens is 332 g/mol. The number of likely N-dealkylation sites (tertiary alicyclic amines) is 1. The van der Waals surface area contributed by atoms with Crippen LogP contribution >= 0.6 is 15.9 Å². The molecule has 3 atom stereocenters. The Hall–Kier alpha value is -1.28. The van der Waals surface area contributed by atoms with Gasteiger partial charge >= 0.3 is 6.09 Å². The minimum Gasteiger partial charge on any atom is -0.467 e. The summed E-state index contributed by atoms with van der Waals surface area (Å²) < 4.78 is 17.2. The highest BCUT2D eigenvalue weighted by molar-refractivity contribution is 9.10. The van der Waals surface area contributed by atoms with Gasteiger partial charge in [-0.05, 0) is 40.9 Å². The molecule has 3 heterocycles. The lowest BCUT2D eigenvalue weighted by Gasteiger charge is -2.30. The second-order valence-electron chi connectivity index (χ2n) is 4.99. The van der Waals surface area contributed by atoms with Crippen molar-refractivity contribution in [3.05, 3.63) is 10.2 Å². The summed E-state index contributed by atoms with van der Waals surface area (Å²) in [6.07, 6.45) is 0.119. The summed E-state index contributed by atoms with van der Waals surface area (Å²) in [5.74, 6) is 0.960. The topological polar surface area (TPSA) is 85.0 Å². The van der Waals surface area contributed by atoms with Crippen LogP contribution in [0.5, 0.6) is 5.88 Å². The molecule has 0 unspecified atom stereocenters. The number of aromatic nitrogens is 1. The molecule has 110 valence electrons. The zero-order valence-corrected chi connectivity index (χ0v) is 12.5. The first kappa shape index (κ1) is 13.7. The lowest BCUT2D eigenvalue weighted by Crippen LogP contribution is -2.43. The molecule has 0 saturated carbocycles. The Bertz CT molecular complexity index is 520. The van der Waals surface area contributed by atoms with Gasteiger partial charge in [0.15, 0.2) is 5.76 Å². The first-order valence-electron chi connectivity index (χ1n) is 6.47. The van der Waals surface area contributed by atoms with E-state index < -0.39 is 6.09 Å². The molecule has 8 heteroatoms. The zero-order chi connectivity index (χ0) is 14.3. The highest BCUT2D eigenvalue weighted by Gasteiger charge is 2.48. The van der Waals surface area contributed by atoms with Crippen LogP contribution in [-0.4, -0.2) is 52.7 Å². The van der Waals surface area contributed by atoms with E-state index >= 15 is 0 Å². The molecule has 0 radical (unpaired) electrons. The number of halogens is 1. The lowest BCUT2D eigenvalue weighted by molar-refractivity contribution is -0.0464. The first-order chi connectivity index (χ1) is 9.58. The van der Waals surface area contributed by atoms with Crippen LogP contribution < -0.4 is 4.74 Å². The van der Waals surface area contributed by atoms with Crippen LogP contribution in [0.3, 0.4) is 0 Å². The number of rotatable bonds is 2. The van der Waals surface area contributed by atoms with E-state index in [9.17, 15) is 9.90 Å². The maximum absolute atomic E-state index is 11.3. The van der Waals surface area contributed by atoms with Crippen LogP contribution in [0.15, 0.2) is 9.00 Å². The number of carbonyl (C=O) groups is 1. The van der Waals surface area contributed by atoms with Crippen LogP contribution in [0.1, 0.15) is 18.6 Å². The molecule has 1 aromatic rings. The van der Waals surface area contributed by atoms with E-state index in [0.29, 0.717) is 22.7 Å². The molecule has 1 N–H and O–H groups in total. The van der Waals surface area contributed by atoms with Crippen molar-refractivity contribution in [3.63, 3.8) is 0 Å². The van der Waals surface area contributed by atoms with E-state index in [1.54, 1.807) is 6.92 Å². The Morgan fingerprint density at radius 1 is 1.60 bits per heavy atom. The average molecular weight is 347 g/mol. The first-order valence-corrected chi connectivity index (χ1v) is 7.27. The predicted octanol–water partition coefficient (Wildman–Crippen LogP) is 2.03. The van der Waals surface area contributed by atoms with Crippen LogP contribution in [0.25, 0.3) is 0 Å². The molecule has 0 aliphatic carbocycles. The SMILES string of the molecule is Cc1onc(O[C@@H]2CN(C(=O)O)[C@@H]3CCCO[C@@H]32)c1Br. The average Bonchev–Trinajstić information content (AvgIpc) is 2.95. The van der Waals surface area contributed by atoms with Gasteiger partial charge in [0.25, 0.3) is 5.88 Å². The van der Waals surface area contributed by atoms with Gasteiger partial charge in [-0.2, -0.15) is 0 Å². The van der Waals surface area contributed by atoms with Gasteiger partial charge < -0.3 is 19.1 Å². The molecule has 3 rings (SSSR count). The third-order valence-electron chi connectivity index (χ3n) is 3.75. The summed E-state index contributed by atoms with van der Waals surface area (Å²) >= 11 is 3.34. The van der Waals surface area contributed by atoms with E-state index in [1.165, 1.54) is 4.90 Å². The number of hydrogen-bond acceptors (Lipinski definition) is 5. The van der Waals surface area contributed by atoms with E-state index in [1.807, 2.05) is 0 Å². The van der Waals surface area contributed by atoms with E-state index in [2.05, 4.69) is 21.1 Å². The summed E-state index contributed by atoms with van der Waals surface area (Å²) in [5.41, 5.74) is 0. The van der Waals surface area contributed by atoms with Crippen LogP contribution in [0, 0.1) is 6.92 Å². The smallest absolute Gasteiger partial charge is 0.407 e. The standard InChI is InChI=1S/C12H15BrN2O5/c1-6-9(13)11(14-20-6)19-8-5-15(12(16)17)7-3-2-4-18-10(7)8/h7-8,10H,2-5H2,1H3,(H,16,17)/t7-,8-,10+/m1/s1. The molecule has 1 amide bonds. The Morgan fingerprint density at radius 2 is 2.40 bits per heavy atom. The summed E-state index contributed by atoms with van der Waals surface area (Å²) in [5, 5.41) is 13.1. The van der Waals surface area contributed by atoms with Crippen molar-refractivity contribution in [2.75, 3.05) is 13.2 Å². The lowest BCUT2D eigenvalue weighted by atomic mass is 10.0. The van der Waals surface area contributed by atoms with Crippen LogP contribution in [0.2, 0.25) is 0 Å². The van der Waals surface area contributed by atoms with Gasteiger partial charge in [0, 0.05) is 6.61 Å². The molecule has 0 bridgehead atoms. The molecule has 2 aliphatic heterocycles. The number of nitrogens with zero attached hydrogens (tertiary/aromatic N) is 2. The van der Waals surface area contributed by atoms with E-state index in [-0.39, 0.29) is 24.8 Å². The number of amides is 1. The van der Waals surface area contributed by atoms with Gasteiger partial charge in [-0.15, -0.1) is 0 Å². The fourth-order valence-electron chi connectivity index (χ4n) is 2.79. The molecule has 2 saturated heterocycles. The predicted molar refractivity (Wildman–Crippen MR) is 70.8 cm³/mol. The van der Waals surface area contributed by atoms with Gasteiger partial charge in [0.05, 0.1) is 12.6 Å². The van der Waals surface area contributed by atoms with Gasteiger partial charge in [-0.1, -0.05) is 0 Å². The fourth-order valence-corrected chi connectivity index (χ4v) is 3.03. The Labute approximate surface area is 123 Å². The largest absolute Gasteiger partial charge is 0.467 e. The van der Waals surface area contributed by atoms with Crippen molar-refractivity contribution in [3.8, 4) is 5.88 Å². The van der Waals surface area contributed by atoms with Gasteiger partial charge in [0.2, 0.25) is 0 Å². The zero-order valence-electron chi connectivity index (χ0n) is 10.9. The highest BCUT2D eigenvalue weighted by Crippen LogP contribution is 2.34. The summed E-state index contributed by atoms with van der Waals surface area (Å²) in [6, 6.07) is -0.141. The van der Waals surface area contributed by atoms with E-state index in [4.69, 9.17) is 14.0 Å². The maximum Gasteiger partial charge on any atom is 0.407 e. The molecule has 1 aromatic heterocycles. The minimum atomic E-state index is -0.938. The molecule has 7 nitrogen and oxygen atoms in total. The number of fused-ring (bicyclic) bond motifs is 1. The number of ether oxygens (including phenoxy) is 2. The summed E-state index contributed by atoms with van der Waals surface area (Å²) in [4.78, 5) is 12.7. The van der Waals surface area contributed by atoms with Crippen molar-refractivity contribution in [1.29, 1.82) is 0 Å². The second kappa shape index (κ2) is 5.25. The summed E-state index contributed by atoms with van der Waals surface area (Å²) in [6.45, 7) is 2.68. The van der Waals surface area contributed by atoms with Crippen molar-refractivity contribution in [1.82, 2.24) is 10.1 Å². The normalized spacial score (nSPS) is 29.3. The molecular formula is C12H15BrN2O5. The Kier molecular flexibility index (Phi) is 3.59. The van der Waals surface area contributed by atoms with Crippen molar-refractivity contribution in [2.24, 2.45) is 0 Å². The fraction of sp³-hybridized carbons (Fsp3) is 0.667. The number of aryl methyl sites for hydroxylation is 1. The molecule has 2 aliphatic rings. The van der Waals surface area contributed by atoms with Gasteiger partial charge in [-0.3, -0.25) is 4.90 Å². The third kappa shape index (κ3) is 2.26. The molecule has 0 aromatic carbocycles. The third-order valence-corrected chi connectivity index (χ3v) is 4.65. The molecule has 0 spiro atoms. The van der Waals surface area contributed by atoms with Gasteiger partial charge in [0.1, 0.15) is 16.7 Å². The number of carboxylic acid groups (broad SMARTS) is 1. The Morgan fingerprint density at radius 3 is 3.05 bits per heavy atom. The van der Waals surface area contributed by atoms with Crippen molar-refractivity contribution < 1.29 is 23.9 Å². The van der Waals surface area contributed by atoms with Crippen molar-refractivity contribution in [2.45, 2.75) is 38.0 Å². The van der Waals surface area contributed by atoms with Gasteiger partial charge in [-0.25, -0.2) is 4.79 Å².